The molecule has 1 aromatic heterocycles. The number of benzene rings is 2. The van der Waals surface area contributed by atoms with Gasteiger partial charge in [0.25, 0.3) is 0 Å². The van der Waals surface area contributed by atoms with Crippen molar-refractivity contribution in [2.75, 3.05) is 0 Å². The molecule has 2 aromatic carbocycles. The van der Waals surface area contributed by atoms with Crippen LogP contribution in [0.2, 0.25) is 0 Å². The van der Waals surface area contributed by atoms with Gasteiger partial charge in [-0.05, 0) is 30.7 Å². The Morgan fingerprint density at radius 2 is 1.79 bits per heavy atom. The van der Waals surface area contributed by atoms with Gasteiger partial charge in [-0.2, -0.15) is 13.2 Å². The van der Waals surface area contributed by atoms with E-state index < -0.39 is 32.6 Å². The number of nitrogens with zero attached hydrogens (tertiary/aromatic N) is 2. The predicted molar refractivity (Wildman–Crippen MR) is 124 cm³/mol. The Bertz CT molecular complexity index is 1160. The zero-order valence-electron chi connectivity index (χ0n) is 14.5. The maximum atomic E-state index is 14.5. The topological polar surface area (TPSA) is 78.0 Å². The third-order valence-corrected chi connectivity index (χ3v) is 4.96. The second-order valence-corrected chi connectivity index (χ2v) is 7.81. The van der Waals surface area contributed by atoms with Crippen molar-refractivity contribution in [2.45, 2.75) is 24.5 Å². The summed E-state index contributed by atoms with van der Waals surface area (Å²) in [6, 6.07) is 9.81. The van der Waals surface area contributed by atoms with Gasteiger partial charge < -0.3 is 4.57 Å². The van der Waals surface area contributed by atoms with E-state index in [9.17, 15) is 26.0 Å². The summed E-state index contributed by atoms with van der Waals surface area (Å²) in [6.45, 7) is 1.89. The summed E-state index contributed by atoms with van der Waals surface area (Å²) in [5.74, 6) is -1.32. The Morgan fingerprint density at radius 3 is 2.32 bits per heavy atom. The van der Waals surface area contributed by atoms with Crippen LogP contribution in [0.15, 0.2) is 53.6 Å². The first-order chi connectivity index (χ1) is 12.9. The summed E-state index contributed by atoms with van der Waals surface area (Å²) >= 11 is 0. The van der Waals surface area contributed by atoms with E-state index in [-0.39, 0.29) is 37.9 Å². The number of halogens is 4. The minimum absolute atomic E-state index is 0. The maximum Gasteiger partial charge on any atom is 0.434 e. The van der Waals surface area contributed by atoms with Gasteiger partial charge in [0.15, 0.2) is 5.69 Å². The van der Waals surface area contributed by atoms with Gasteiger partial charge in [-0.25, -0.2) is 22.9 Å². The molecule has 0 atom stereocenters. The molecule has 0 saturated heterocycles. The molecule has 0 fully saturated rings. The Morgan fingerprint density at radius 1 is 1.14 bits per heavy atom. The summed E-state index contributed by atoms with van der Waals surface area (Å²) in [5.41, 5.74) is 0.231. The second kappa shape index (κ2) is 7.02. The van der Waals surface area contributed by atoms with Crippen molar-refractivity contribution < 1.29 is 46.0 Å². The molecule has 0 amide bonds. The minimum atomic E-state index is -4.72. The number of hydrogen-bond donors (Lipinski definition) is 1. The SMILES string of the molecule is Cc1ccc(Cn2cc(C(F)(F)F)nc2-c2ccc(S(N)(=O)=O)cc2F)cc1.[HH].[HH].[HH].[HH].[HH].[HH].[HH].[HH].[HH].[HH].[HH].[HH].[HH].[HH]. The molecule has 0 aliphatic rings. The average Bonchev–Trinajstić information content (AvgIpc) is 3.00. The number of sulfonamides is 1. The van der Waals surface area contributed by atoms with Crippen LogP contribution in [0, 0.1) is 12.7 Å². The van der Waals surface area contributed by atoms with Crippen LogP contribution in [-0.4, -0.2) is 18.0 Å². The van der Waals surface area contributed by atoms with Crippen molar-refractivity contribution in [3.05, 3.63) is 71.3 Å². The van der Waals surface area contributed by atoms with Crippen LogP contribution in [0.25, 0.3) is 11.4 Å². The van der Waals surface area contributed by atoms with Crippen LogP contribution in [0.1, 0.15) is 36.8 Å². The van der Waals surface area contributed by atoms with Crippen molar-refractivity contribution in [1.82, 2.24) is 9.55 Å². The molecule has 2 N–H and O–H groups in total. The number of alkyl halides is 3. The summed E-state index contributed by atoms with van der Waals surface area (Å²) in [7, 11) is -4.15. The van der Waals surface area contributed by atoms with Crippen LogP contribution < -0.4 is 5.14 Å². The monoisotopic (exact) mass is 441 g/mol. The van der Waals surface area contributed by atoms with Crippen molar-refractivity contribution in [1.29, 1.82) is 0 Å². The predicted octanol–water partition coefficient (Wildman–Crippen LogP) is 7.16. The van der Waals surface area contributed by atoms with Crippen LogP contribution in [-0.2, 0) is 22.7 Å². The molecule has 0 spiro atoms. The summed E-state index contributed by atoms with van der Waals surface area (Å²) in [5, 5.41) is 4.96. The van der Waals surface area contributed by atoms with Crippen LogP contribution in [0.5, 0.6) is 0 Å². The van der Waals surface area contributed by atoms with Gasteiger partial charge >= 0.3 is 6.18 Å². The van der Waals surface area contributed by atoms with E-state index in [1.165, 1.54) is 4.57 Å². The normalized spacial score (nSPS) is 12.4. The summed E-state index contributed by atoms with van der Waals surface area (Å²) in [4.78, 5) is 3.05. The number of imidazole rings is 1. The lowest BCUT2D eigenvalue weighted by molar-refractivity contribution is -0.140. The molecule has 10 heteroatoms. The van der Waals surface area contributed by atoms with Gasteiger partial charge in [-0.1, -0.05) is 29.8 Å². The standard InChI is InChI=1S/C18H15F4N3O2S.14H2/c1-11-2-4-12(5-3-11)9-25-10-16(18(20,21)22)24-17(25)14-7-6-13(8-15(14)19)28(23,26)27;;;;;;;;;;;;;;/h2-8,10H,9H2,1H3,(H2,23,26,27);14*1H. The highest BCUT2D eigenvalue weighted by Gasteiger charge is 2.35. The number of aromatic nitrogens is 2. The zero-order valence-corrected chi connectivity index (χ0v) is 15.4. The molecule has 0 unspecified atom stereocenters. The number of aryl methyl sites for hydroxylation is 1. The fraction of sp³-hybridized carbons (Fsp3) is 0.167. The first-order valence-electron chi connectivity index (χ1n) is 7.98. The molecule has 0 radical (unpaired) electrons. The Balaban J connectivity index is -0.0000000643. The number of primary sulfonamides is 1. The van der Waals surface area contributed by atoms with Crippen molar-refractivity contribution in [3.8, 4) is 11.4 Å². The lowest BCUT2D eigenvalue weighted by Gasteiger charge is -2.10. The summed E-state index contributed by atoms with van der Waals surface area (Å²) < 4.78 is 77.8. The van der Waals surface area contributed by atoms with Gasteiger partial charge in [-0.15, -0.1) is 0 Å². The van der Waals surface area contributed by atoms with E-state index in [0.29, 0.717) is 11.6 Å². The highest BCUT2D eigenvalue weighted by molar-refractivity contribution is 7.89. The Kier molecular flexibility index (Phi) is 5.02. The zero-order chi connectivity index (χ0) is 20.7. The first kappa shape index (κ1) is 20.0. The molecule has 0 aliphatic carbocycles. The van der Waals surface area contributed by atoms with E-state index in [2.05, 4.69) is 4.98 Å². The molecule has 0 bridgehead atoms. The fourth-order valence-corrected chi connectivity index (χ4v) is 3.16. The van der Waals surface area contributed by atoms with E-state index in [0.717, 1.165) is 23.9 Å². The van der Waals surface area contributed by atoms with Gasteiger partial charge in [-0.3, -0.25) is 0 Å². The number of rotatable bonds is 4. The van der Waals surface area contributed by atoms with Gasteiger partial charge in [0.2, 0.25) is 10.0 Å². The number of nitrogens with two attached hydrogens (primary N) is 1. The quantitative estimate of drug-likeness (QED) is 0.436. The smallest absolute Gasteiger partial charge is 0.326 e. The molecule has 28 heavy (non-hydrogen) atoms. The third kappa shape index (κ3) is 4.23. The van der Waals surface area contributed by atoms with Crippen molar-refractivity contribution >= 4 is 10.0 Å². The molecule has 3 rings (SSSR count). The minimum Gasteiger partial charge on any atom is -0.326 e. The largest absolute Gasteiger partial charge is 0.434 e. The molecular formula is C18H43F4N3O2S. The van der Waals surface area contributed by atoms with E-state index in [4.69, 9.17) is 5.14 Å². The molecule has 0 aliphatic heterocycles. The van der Waals surface area contributed by atoms with E-state index in [1.54, 1.807) is 24.3 Å². The van der Waals surface area contributed by atoms with E-state index in [1.807, 2.05) is 6.92 Å². The van der Waals surface area contributed by atoms with Crippen LogP contribution >= 0.6 is 0 Å². The fourth-order valence-electron chi connectivity index (χ4n) is 2.63. The molecule has 5 nitrogen and oxygen atoms in total. The van der Waals surface area contributed by atoms with Crippen molar-refractivity contribution in [2.24, 2.45) is 5.14 Å². The summed E-state index contributed by atoms with van der Waals surface area (Å²) in [6.07, 6.45) is -3.92. The van der Waals surface area contributed by atoms with E-state index >= 15 is 0 Å². The third-order valence-electron chi connectivity index (χ3n) is 4.05. The van der Waals surface area contributed by atoms with Crippen molar-refractivity contribution in [3.63, 3.8) is 0 Å². The van der Waals surface area contributed by atoms with Gasteiger partial charge in [0.05, 0.1) is 10.5 Å². The lowest BCUT2D eigenvalue weighted by Crippen LogP contribution is -2.12. The maximum absolute atomic E-state index is 14.5. The Hall–Kier alpha value is -2.72. The van der Waals surface area contributed by atoms with Crippen LogP contribution in [0.3, 0.4) is 0 Å². The van der Waals surface area contributed by atoms with Gasteiger partial charge in [0.1, 0.15) is 11.6 Å². The Labute approximate surface area is 179 Å². The molecule has 1 heterocycles. The van der Waals surface area contributed by atoms with Crippen LogP contribution in [0.4, 0.5) is 17.6 Å². The second-order valence-electron chi connectivity index (χ2n) is 6.25. The molecular weight excluding hydrogens is 398 g/mol. The van der Waals surface area contributed by atoms with Gasteiger partial charge in [0, 0.05) is 32.7 Å². The molecule has 176 valence electrons. The lowest BCUT2D eigenvalue weighted by atomic mass is 10.1. The molecule has 0 saturated carbocycles. The highest BCUT2D eigenvalue weighted by Crippen LogP contribution is 2.32. The highest BCUT2D eigenvalue weighted by atomic mass is 32.2. The number of hydrogen-bond acceptors (Lipinski definition) is 3. The first-order valence-corrected chi connectivity index (χ1v) is 9.52. The molecule has 3 aromatic rings. The average molecular weight is 442 g/mol.